The van der Waals surface area contributed by atoms with Crippen LogP contribution in [0.1, 0.15) is 30.7 Å². The first-order valence-electron chi connectivity index (χ1n) is 5.85. The first-order valence-corrected chi connectivity index (χ1v) is 7.04. The number of nitrogens with zero attached hydrogens (tertiary/aromatic N) is 1. The third-order valence-electron chi connectivity index (χ3n) is 2.65. The Kier molecular flexibility index (Phi) is 4.44. The van der Waals surface area contributed by atoms with Crippen molar-refractivity contribution in [1.29, 1.82) is 0 Å². The number of carbonyl (C=O) groups excluding carboxylic acids is 1. The summed E-state index contributed by atoms with van der Waals surface area (Å²) >= 11 is 6.75. The number of rotatable bonds is 4. The van der Waals surface area contributed by atoms with Crippen molar-refractivity contribution in [3.05, 3.63) is 44.4 Å². The fourth-order valence-electron chi connectivity index (χ4n) is 1.63. The molecule has 110 valence electrons. The SMILES string of the molecule is Cc1nc(CNC(=O)c2ccc(O)c(Cl)c2)sc1C(=O)O. The zero-order valence-corrected chi connectivity index (χ0v) is 12.5. The monoisotopic (exact) mass is 326 g/mol. The Bertz CT molecular complexity index is 714. The van der Waals surface area contributed by atoms with Crippen molar-refractivity contribution >= 4 is 34.8 Å². The molecule has 0 aliphatic rings. The topological polar surface area (TPSA) is 99.5 Å². The smallest absolute Gasteiger partial charge is 0.347 e. The van der Waals surface area contributed by atoms with Crippen molar-refractivity contribution in [3.8, 4) is 5.75 Å². The van der Waals surface area contributed by atoms with E-state index in [1.165, 1.54) is 18.2 Å². The van der Waals surface area contributed by atoms with E-state index < -0.39 is 5.97 Å². The number of thiazole rings is 1. The molecule has 21 heavy (non-hydrogen) atoms. The molecule has 1 amide bonds. The van der Waals surface area contributed by atoms with E-state index in [9.17, 15) is 14.7 Å². The van der Waals surface area contributed by atoms with Crippen molar-refractivity contribution in [1.82, 2.24) is 10.3 Å². The molecule has 0 unspecified atom stereocenters. The van der Waals surface area contributed by atoms with E-state index >= 15 is 0 Å². The summed E-state index contributed by atoms with van der Waals surface area (Å²) in [4.78, 5) is 27.1. The van der Waals surface area contributed by atoms with Crippen LogP contribution in [0.2, 0.25) is 5.02 Å². The molecule has 1 aromatic carbocycles. The van der Waals surface area contributed by atoms with Crippen LogP contribution in [0.4, 0.5) is 0 Å². The average Bonchev–Trinajstić information content (AvgIpc) is 2.80. The van der Waals surface area contributed by atoms with E-state index in [1.54, 1.807) is 6.92 Å². The molecule has 3 N–H and O–H groups in total. The Morgan fingerprint density at radius 2 is 2.14 bits per heavy atom. The van der Waals surface area contributed by atoms with Crippen LogP contribution in [-0.2, 0) is 6.54 Å². The van der Waals surface area contributed by atoms with Gasteiger partial charge in [-0.15, -0.1) is 11.3 Å². The van der Waals surface area contributed by atoms with Crippen LogP contribution in [-0.4, -0.2) is 27.1 Å². The summed E-state index contributed by atoms with van der Waals surface area (Å²) in [6, 6.07) is 4.11. The maximum absolute atomic E-state index is 11.9. The van der Waals surface area contributed by atoms with E-state index in [0.717, 1.165) is 11.3 Å². The predicted molar refractivity (Wildman–Crippen MR) is 78.1 cm³/mol. The number of carbonyl (C=O) groups is 2. The third-order valence-corrected chi connectivity index (χ3v) is 4.09. The number of aromatic hydroxyl groups is 1. The standard InChI is InChI=1S/C13H11ClN2O4S/c1-6-11(13(19)20)21-10(16-6)5-15-12(18)7-2-3-9(17)8(14)4-7/h2-4,17H,5H2,1H3,(H,15,18)(H,19,20). The van der Waals surface area contributed by atoms with Crippen LogP contribution in [0.15, 0.2) is 18.2 Å². The number of carboxylic acid groups (broad SMARTS) is 1. The molecule has 2 rings (SSSR count). The second-order valence-corrected chi connectivity index (χ2v) is 5.67. The highest BCUT2D eigenvalue weighted by atomic mass is 35.5. The van der Waals surface area contributed by atoms with E-state index in [2.05, 4.69) is 10.3 Å². The molecule has 0 bridgehead atoms. The molecule has 6 nitrogen and oxygen atoms in total. The number of aryl methyl sites for hydroxylation is 1. The lowest BCUT2D eigenvalue weighted by molar-refractivity contribution is 0.0701. The van der Waals surface area contributed by atoms with Gasteiger partial charge in [0, 0.05) is 5.56 Å². The molecule has 8 heteroatoms. The highest BCUT2D eigenvalue weighted by Crippen LogP contribution is 2.23. The Balaban J connectivity index is 2.05. The summed E-state index contributed by atoms with van der Waals surface area (Å²) in [5.41, 5.74) is 0.717. The number of nitrogens with one attached hydrogen (secondary N) is 1. The summed E-state index contributed by atoms with van der Waals surface area (Å²) in [7, 11) is 0. The molecule has 0 saturated heterocycles. The van der Waals surface area contributed by atoms with Gasteiger partial charge in [0.05, 0.1) is 17.3 Å². The van der Waals surface area contributed by atoms with Gasteiger partial charge in [-0.3, -0.25) is 4.79 Å². The third kappa shape index (κ3) is 3.50. The second-order valence-electron chi connectivity index (χ2n) is 4.18. The zero-order chi connectivity index (χ0) is 15.6. The van der Waals surface area contributed by atoms with Gasteiger partial charge in [-0.2, -0.15) is 0 Å². The number of aromatic carboxylic acids is 1. The molecule has 1 aromatic heterocycles. The van der Waals surface area contributed by atoms with E-state index in [-0.39, 0.29) is 28.1 Å². The fourth-order valence-corrected chi connectivity index (χ4v) is 2.66. The maximum atomic E-state index is 11.9. The van der Waals surface area contributed by atoms with Crippen molar-refractivity contribution < 1.29 is 19.8 Å². The van der Waals surface area contributed by atoms with Crippen LogP contribution in [0.25, 0.3) is 0 Å². The van der Waals surface area contributed by atoms with Gasteiger partial charge >= 0.3 is 5.97 Å². The number of benzene rings is 1. The van der Waals surface area contributed by atoms with E-state index in [0.29, 0.717) is 16.3 Å². The van der Waals surface area contributed by atoms with Gasteiger partial charge in [0.2, 0.25) is 0 Å². The van der Waals surface area contributed by atoms with Crippen molar-refractivity contribution in [3.63, 3.8) is 0 Å². The van der Waals surface area contributed by atoms with Crippen LogP contribution < -0.4 is 5.32 Å². The first kappa shape index (κ1) is 15.3. The minimum atomic E-state index is -1.03. The maximum Gasteiger partial charge on any atom is 0.347 e. The lowest BCUT2D eigenvalue weighted by atomic mass is 10.2. The summed E-state index contributed by atoms with van der Waals surface area (Å²) < 4.78 is 0. The number of phenolic OH excluding ortho intramolecular Hbond substituents is 1. The van der Waals surface area contributed by atoms with Crippen LogP contribution >= 0.6 is 22.9 Å². The molecule has 0 saturated carbocycles. The molecule has 0 fully saturated rings. The second kappa shape index (κ2) is 6.11. The molecule has 0 aliphatic carbocycles. The molecule has 0 radical (unpaired) electrons. The summed E-state index contributed by atoms with van der Waals surface area (Å²) in [6.07, 6.45) is 0. The highest BCUT2D eigenvalue weighted by Gasteiger charge is 2.15. The molecule has 0 spiro atoms. The van der Waals surface area contributed by atoms with Crippen LogP contribution in [0.3, 0.4) is 0 Å². The number of amides is 1. The number of hydrogen-bond donors (Lipinski definition) is 3. The van der Waals surface area contributed by atoms with E-state index in [1.807, 2.05) is 0 Å². The molecule has 0 aliphatic heterocycles. The predicted octanol–water partition coefficient (Wildman–Crippen LogP) is 2.44. The molecule has 1 heterocycles. The Morgan fingerprint density at radius 1 is 1.43 bits per heavy atom. The normalized spacial score (nSPS) is 10.4. The first-order chi connectivity index (χ1) is 9.88. The van der Waals surface area contributed by atoms with Gasteiger partial charge in [-0.1, -0.05) is 11.6 Å². The minimum absolute atomic E-state index is 0.0842. The van der Waals surface area contributed by atoms with Crippen molar-refractivity contribution in [2.45, 2.75) is 13.5 Å². The van der Waals surface area contributed by atoms with Gasteiger partial charge in [0.1, 0.15) is 15.6 Å². The van der Waals surface area contributed by atoms with Gasteiger partial charge in [0.15, 0.2) is 0 Å². The summed E-state index contributed by atoms with van der Waals surface area (Å²) in [5.74, 6) is -1.52. The molecule has 2 aromatic rings. The number of aromatic nitrogens is 1. The Morgan fingerprint density at radius 3 is 2.71 bits per heavy atom. The quantitative estimate of drug-likeness (QED) is 0.801. The zero-order valence-electron chi connectivity index (χ0n) is 10.9. The largest absolute Gasteiger partial charge is 0.506 e. The molecular weight excluding hydrogens is 316 g/mol. The lowest BCUT2D eigenvalue weighted by Gasteiger charge is -2.04. The van der Waals surface area contributed by atoms with Crippen LogP contribution in [0.5, 0.6) is 5.75 Å². The van der Waals surface area contributed by atoms with Gasteiger partial charge in [-0.25, -0.2) is 9.78 Å². The Hall–Kier alpha value is -2.12. The number of phenols is 1. The van der Waals surface area contributed by atoms with Crippen LogP contribution in [0, 0.1) is 6.92 Å². The van der Waals surface area contributed by atoms with Crippen molar-refractivity contribution in [2.24, 2.45) is 0 Å². The van der Waals surface area contributed by atoms with Crippen molar-refractivity contribution in [2.75, 3.05) is 0 Å². The van der Waals surface area contributed by atoms with Gasteiger partial charge in [0.25, 0.3) is 5.91 Å². The van der Waals surface area contributed by atoms with Gasteiger partial charge in [-0.05, 0) is 25.1 Å². The number of carboxylic acids is 1. The molecule has 0 atom stereocenters. The summed E-state index contributed by atoms with van der Waals surface area (Å²) in [5, 5.41) is 21.4. The summed E-state index contributed by atoms with van der Waals surface area (Å²) in [6.45, 7) is 1.72. The Labute approximate surface area is 129 Å². The minimum Gasteiger partial charge on any atom is -0.506 e. The highest BCUT2D eigenvalue weighted by molar-refractivity contribution is 7.13. The lowest BCUT2D eigenvalue weighted by Crippen LogP contribution is -2.22. The van der Waals surface area contributed by atoms with Gasteiger partial charge < -0.3 is 15.5 Å². The molecular formula is C13H11ClN2O4S. The fraction of sp³-hybridized carbons (Fsp3) is 0.154. The van der Waals surface area contributed by atoms with E-state index in [4.69, 9.17) is 16.7 Å². The average molecular weight is 327 g/mol. The number of halogens is 1. The number of hydrogen-bond acceptors (Lipinski definition) is 5.